The summed E-state index contributed by atoms with van der Waals surface area (Å²) in [6.07, 6.45) is 0.590. The normalized spacial score (nSPS) is 20.1. The predicted octanol–water partition coefficient (Wildman–Crippen LogP) is 2.87. The summed E-state index contributed by atoms with van der Waals surface area (Å²) in [5.74, 6) is 0.00595. The molecule has 4 rings (SSSR count). The Morgan fingerprint density at radius 3 is 1.71 bits per heavy atom. The summed E-state index contributed by atoms with van der Waals surface area (Å²) in [5.41, 5.74) is 1.09. The molecule has 0 saturated carbocycles. The molecule has 10 nitrogen and oxygen atoms in total. The fourth-order valence-corrected chi connectivity index (χ4v) is 5.00. The maximum Gasteiger partial charge on any atom is 1.00 e. The van der Waals surface area contributed by atoms with Crippen LogP contribution in [0.4, 0.5) is 9.59 Å². The molecule has 0 aliphatic carbocycles. The molecule has 2 fully saturated rings. The second kappa shape index (κ2) is 21.0. The Bertz CT molecular complexity index is 1250. The summed E-state index contributed by atoms with van der Waals surface area (Å²) in [7, 11) is 0. The molecule has 3 atom stereocenters. The van der Waals surface area contributed by atoms with Crippen LogP contribution in [0.2, 0.25) is 0 Å². The molecular formula is C36H53BN2NaO8. The molecule has 0 aromatic heterocycles. The third-order valence-corrected chi connectivity index (χ3v) is 7.19. The number of aliphatic hydroxyl groups excluding tert-OH is 1. The second-order valence-corrected chi connectivity index (χ2v) is 13.9. The van der Waals surface area contributed by atoms with E-state index in [0.29, 0.717) is 58.5 Å². The summed E-state index contributed by atoms with van der Waals surface area (Å²) in [6.45, 7) is 13.4. The van der Waals surface area contributed by atoms with Crippen molar-refractivity contribution in [3.05, 3.63) is 71.8 Å². The molecule has 2 saturated heterocycles. The monoisotopic (exact) mass is 675 g/mol. The van der Waals surface area contributed by atoms with Crippen LogP contribution >= 0.6 is 0 Å². The van der Waals surface area contributed by atoms with Crippen molar-refractivity contribution < 1.29 is 69.4 Å². The Labute approximate surface area is 312 Å². The second-order valence-electron chi connectivity index (χ2n) is 13.9. The van der Waals surface area contributed by atoms with Crippen LogP contribution in [0.3, 0.4) is 0 Å². The van der Waals surface area contributed by atoms with Gasteiger partial charge in [-0.2, -0.15) is 0 Å². The number of hydrogen-bond acceptors (Lipinski definition) is 8. The number of β-amino-alcohol motifs (C(OH)–C–C–N with tert-alkyl or cyclic N) is 1. The number of carbonyl (C=O) groups excluding carboxylic acids is 3. The van der Waals surface area contributed by atoms with Crippen LogP contribution in [0.15, 0.2) is 60.7 Å². The Morgan fingerprint density at radius 2 is 1.21 bits per heavy atom. The first kappa shape index (κ1) is 43.6. The molecule has 2 aliphatic heterocycles. The Kier molecular flexibility index (Phi) is 19.0. The summed E-state index contributed by atoms with van der Waals surface area (Å²) < 4.78 is 22.5. The van der Waals surface area contributed by atoms with E-state index in [-0.39, 0.29) is 70.0 Å². The average molecular weight is 676 g/mol. The van der Waals surface area contributed by atoms with Crippen molar-refractivity contribution in [2.24, 2.45) is 0 Å². The number of likely N-dealkylation sites (tertiary alicyclic amines) is 2. The average Bonchev–Trinajstić information content (AvgIpc) is 3.29. The summed E-state index contributed by atoms with van der Waals surface area (Å²) in [5, 5.41) is 10.1. The Balaban J connectivity index is 0.000000886. The third kappa shape index (κ3) is 17.3. The first-order chi connectivity index (χ1) is 21.7. The summed E-state index contributed by atoms with van der Waals surface area (Å²) in [6, 6.07) is 19.8. The van der Waals surface area contributed by atoms with Gasteiger partial charge in [-0.1, -0.05) is 60.7 Å². The first-order valence-electron chi connectivity index (χ1n) is 16.1. The van der Waals surface area contributed by atoms with Gasteiger partial charge in [-0.15, -0.1) is 0 Å². The van der Waals surface area contributed by atoms with Gasteiger partial charge in [0.25, 0.3) is 0 Å². The van der Waals surface area contributed by atoms with Gasteiger partial charge in [-0.25, -0.2) is 9.59 Å². The first-order valence-corrected chi connectivity index (χ1v) is 16.1. The largest absolute Gasteiger partial charge is 1.00 e. The van der Waals surface area contributed by atoms with Crippen molar-refractivity contribution >= 4 is 26.4 Å². The number of benzene rings is 2. The predicted molar refractivity (Wildman–Crippen MR) is 182 cm³/mol. The fraction of sp³-hybridized carbons (Fsp3) is 0.583. The fourth-order valence-electron chi connectivity index (χ4n) is 5.00. The molecule has 48 heavy (non-hydrogen) atoms. The molecule has 0 bridgehead atoms. The summed E-state index contributed by atoms with van der Waals surface area (Å²) in [4.78, 5) is 39.4. The van der Waals surface area contributed by atoms with Crippen molar-refractivity contribution in [1.82, 2.24) is 9.80 Å². The topological polar surface area (TPSA) is 115 Å². The minimum Gasteiger partial charge on any atom is -1.00 e. The van der Waals surface area contributed by atoms with Gasteiger partial charge in [-0.05, 0) is 65.5 Å². The Hall–Kier alpha value is -2.41. The standard InChI is InChI=1S/C18H27NO4.C18H25NO4.B.Na.H/c2*1-18(2,3)23-17(21)19-10-9-16(11-15(20)12-19)22-13-14-7-5-4-6-8-14;;;/h4-8,15-16,20H,9-13H2,1-3H3;4-8,16H,9-13H2,1-3H3;;;/q;;;+1;-1. The molecule has 3 radical (unpaired) electrons. The van der Waals surface area contributed by atoms with Gasteiger partial charge >= 0.3 is 41.7 Å². The van der Waals surface area contributed by atoms with E-state index in [2.05, 4.69) is 0 Å². The molecule has 12 heteroatoms. The number of amides is 2. The smallest absolute Gasteiger partial charge is 1.00 e. The van der Waals surface area contributed by atoms with E-state index in [1.165, 1.54) is 4.90 Å². The molecule has 2 aliphatic rings. The van der Waals surface area contributed by atoms with Crippen LogP contribution in [0.25, 0.3) is 0 Å². The third-order valence-electron chi connectivity index (χ3n) is 7.19. The van der Waals surface area contributed by atoms with E-state index >= 15 is 0 Å². The van der Waals surface area contributed by atoms with Crippen LogP contribution in [-0.4, -0.2) is 97.0 Å². The SMILES string of the molecule is CC(C)(C)OC(=O)N1CCC(OCc2ccccc2)CC(=O)C1.CC(C)(C)OC(=O)N1CCC(OCc2ccccc2)CC(O)C1.[B].[H-].[Na+]. The van der Waals surface area contributed by atoms with Gasteiger partial charge < -0.3 is 35.3 Å². The molecule has 1 N–H and O–H groups in total. The molecule has 259 valence electrons. The van der Waals surface area contributed by atoms with Gasteiger partial charge in [0.05, 0.1) is 44.6 Å². The van der Waals surface area contributed by atoms with E-state index in [1.807, 2.05) is 102 Å². The van der Waals surface area contributed by atoms with Crippen molar-refractivity contribution in [3.63, 3.8) is 0 Å². The molecule has 2 aromatic rings. The number of carbonyl (C=O) groups is 3. The zero-order valence-corrected chi connectivity index (χ0v) is 31.9. The van der Waals surface area contributed by atoms with Crippen LogP contribution in [0.5, 0.6) is 0 Å². The van der Waals surface area contributed by atoms with Gasteiger partial charge in [0.1, 0.15) is 11.2 Å². The number of ketones is 1. The minimum atomic E-state index is -0.592. The van der Waals surface area contributed by atoms with Crippen molar-refractivity contribution in [1.29, 1.82) is 0 Å². The zero-order chi connectivity index (χ0) is 33.7. The van der Waals surface area contributed by atoms with Crippen LogP contribution < -0.4 is 29.6 Å². The van der Waals surface area contributed by atoms with Gasteiger partial charge in [0.2, 0.25) is 0 Å². The van der Waals surface area contributed by atoms with Crippen molar-refractivity contribution in [2.75, 3.05) is 26.2 Å². The van der Waals surface area contributed by atoms with E-state index in [1.54, 1.807) is 4.90 Å². The molecular weight excluding hydrogens is 622 g/mol. The number of Topliss-reactive ketones (excluding diaryl/α,β-unsaturated/α-hetero) is 1. The number of hydrogen-bond donors (Lipinski definition) is 1. The maximum absolute atomic E-state index is 12.1. The van der Waals surface area contributed by atoms with Crippen LogP contribution in [-0.2, 0) is 37.0 Å². The number of nitrogens with zero attached hydrogens (tertiary/aromatic N) is 2. The van der Waals surface area contributed by atoms with Gasteiger partial charge in [0, 0.05) is 34.3 Å². The minimum absolute atomic E-state index is 0. The molecule has 2 aromatic carbocycles. The maximum atomic E-state index is 12.1. The van der Waals surface area contributed by atoms with Crippen molar-refractivity contribution in [3.8, 4) is 0 Å². The van der Waals surface area contributed by atoms with Crippen LogP contribution in [0.1, 0.15) is 79.8 Å². The number of ether oxygens (including phenoxy) is 4. The van der Waals surface area contributed by atoms with Crippen molar-refractivity contribution in [2.45, 2.75) is 110 Å². The Morgan fingerprint density at radius 1 is 0.771 bits per heavy atom. The van der Waals surface area contributed by atoms with E-state index < -0.39 is 23.4 Å². The summed E-state index contributed by atoms with van der Waals surface area (Å²) >= 11 is 0. The van der Waals surface area contributed by atoms with E-state index in [4.69, 9.17) is 18.9 Å². The quantitative estimate of drug-likeness (QED) is 0.466. The molecule has 2 heterocycles. The number of aliphatic hydroxyl groups is 1. The molecule has 2 amide bonds. The number of rotatable bonds is 6. The van der Waals surface area contributed by atoms with E-state index in [0.717, 1.165) is 11.1 Å². The van der Waals surface area contributed by atoms with Crippen LogP contribution in [0, 0.1) is 0 Å². The molecule has 0 spiro atoms. The van der Waals surface area contributed by atoms with Gasteiger partial charge in [0.15, 0.2) is 5.78 Å². The van der Waals surface area contributed by atoms with Gasteiger partial charge in [-0.3, -0.25) is 4.79 Å². The van der Waals surface area contributed by atoms with E-state index in [9.17, 15) is 19.5 Å². The zero-order valence-electron chi connectivity index (χ0n) is 30.9. The molecule has 3 unspecified atom stereocenters.